The minimum absolute atomic E-state index is 0.370. The summed E-state index contributed by atoms with van der Waals surface area (Å²) >= 11 is 0. The molecule has 1 heterocycles. The van der Waals surface area contributed by atoms with Crippen LogP contribution in [0.3, 0.4) is 0 Å². The summed E-state index contributed by atoms with van der Waals surface area (Å²) in [6.07, 6.45) is 1.17. The van der Waals surface area contributed by atoms with Gasteiger partial charge in [0.1, 0.15) is 0 Å². The number of benzene rings is 1. The molecule has 0 spiro atoms. The molecule has 2 rings (SSSR count). The van der Waals surface area contributed by atoms with Crippen LogP contribution in [0.4, 0.5) is 0 Å². The first kappa shape index (κ1) is 10.2. The first-order valence-electron chi connectivity index (χ1n) is 4.14. The molecule has 0 aromatic heterocycles. The Labute approximate surface area is 82.0 Å². The molecular weight excluding hydrogens is 180 g/mol. The number of hydrogen-bond donors (Lipinski definition) is 0. The highest BCUT2D eigenvalue weighted by molar-refractivity contribution is 6.08. The van der Waals surface area contributed by atoms with Gasteiger partial charge in [0.25, 0.3) is 0 Å². The van der Waals surface area contributed by atoms with Crippen molar-refractivity contribution in [3.63, 3.8) is 0 Å². The van der Waals surface area contributed by atoms with E-state index in [1.807, 2.05) is 36.4 Å². The normalized spacial score (nSPS) is 13.9. The van der Waals surface area contributed by atoms with Gasteiger partial charge in [0.05, 0.1) is 0 Å². The van der Waals surface area contributed by atoms with E-state index in [9.17, 15) is 9.59 Å². The van der Waals surface area contributed by atoms with Gasteiger partial charge < -0.3 is 4.74 Å². The molecule has 0 saturated carbocycles. The van der Waals surface area contributed by atoms with E-state index in [1.165, 1.54) is 13.0 Å². The Hall–Kier alpha value is -1.90. The second kappa shape index (κ2) is 4.97. The van der Waals surface area contributed by atoms with Crippen LogP contribution in [-0.4, -0.2) is 11.9 Å². The van der Waals surface area contributed by atoms with Crippen LogP contribution in [0.2, 0.25) is 0 Å². The van der Waals surface area contributed by atoms with Crippen molar-refractivity contribution in [3.05, 3.63) is 48.0 Å². The summed E-state index contributed by atoms with van der Waals surface area (Å²) in [6.45, 7) is 1.53. The summed E-state index contributed by atoms with van der Waals surface area (Å²) < 4.78 is 4.10. The second-order valence-electron chi connectivity index (χ2n) is 2.69. The molecule has 3 nitrogen and oxygen atoms in total. The van der Waals surface area contributed by atoms with Crippen LogP contribution in [-0.2, 0) is 14.3 Å². The molecule has 3 heteroatoms. The molecular formula is C11H10O3. The number of hydrogen-bond acceptors (Lipinski definition) is 3. The Balaban J connectivity index is 0.000000146. The molecule has 14 heavy (non-hydrogen) atoms. The molecule has 0 bridgehead atoms. The topological polar surface area (TPSA) is 43.4 Å². The van der Waals surface area contributed by atoms with Gasteiger partial charge in [0.2, 0.25) is 0 Å². The summed E-state index contributed by atoms with van der Waals surface area (Å²) in [6, 6.07) is 12.0. The van der Waals surface area contributed by atoms with E-state index in [4.69, 9.17) is 0 Å². The molecule has 0 fully saturated rings. The summed E-state index contributed by atoms with van der Waals surface area (Å²) in [4.78, 5) is 20.4. The van der Waals surface area contributed by atoms with Crippen LogP contribution in [0.15, 0.2) is 48.0 Å². The van der Waals surface area contributed by atoms with Crippen LogP contribution in [0, 0.1) is 0 Å². The van der Waals surface area contributed by atoms with Crippen molar-refractivity contribution in [2.75, 3.05) is 0 Å². The van der Waals surface area contributed by atoms with E-state index in [1.54, 1.807) is 0 Å². The molecule has 1 aromatic rings. The van der Waals surface area contributed by atoms with E-state index >= 15 is 0 Å². The number of carbonyl (C=O) groups excluding carboxylic acids is 2. The van der Waals surface area contributed by atoms with Gasteiger partial charge in [-0.25, -0.2) is 9.59 Å². The summed E-state index contributed by atoms with van der Waals surface area (Å²) in [5.74, 6) is -1.09. The highest BCUT2D eigenvalue weighted by Crippen LogP contribution is 2.04. The first-order valence-corrected chi connectivity index (χ1v) is 4.14. The molecule has 0 atom stereocenters. The van der Waals surface area contributed by atoms with Crippen LogP contribution < -0.4 is 0 Å². The van der Waals surface area contributed by atoms with Gasteiger partial charge in [0.15, 0.2) is 0 Å². The van der Waals surface area contributed by atoms with Crippen molar-refractivity contribution in [1.82, 2.24) is 0 Å². The predicted molar refractivity (Wildman–Crippen MR) is 51.3 cm³/mol. The minimum Gasteiger partial charge on any atom is -0.386 e. The Bertz CT molecular complexity index is 325. The fraction of sp³-hybridized carbons (Fsp3) is 0.0909. The lowest BCUT2D eigenvalue weighted by atomic mass is 10.3. The quantitative estimate of drug-likeness (QED) is 0.462. The lowest BCUT2D eigenvalue weighted by Gasteiger charge is -1.83. The maximum Gasteiger partial charge on any atom is 0.341 e. The highest BCUT2D eigenvalue weighted by Gasteiger charge is 2.18. The molecule has 1 aliphatic heterocycles. The molecule has 0 radical (unpaired) electrons. The zero-order chi connectivity index (χ0) is 10.4. The third-order valence-corrected chi connectivity index (χ3v) is 1.52. The van der Waals surface area contributed by atoms with Crippen molar-refractivity contribution in [2.45, 2.75) is 6.92 Å². The van der Waals surface area contributed by atoms with Gasteiger partial charge in [0, 0.05) is 11.6 Å². The molecule has 0 unspecified atom stereocenters. The third kappa shape index (κ3) is 3.23. The molecule has 0 N–H and O–H groups in total. The average Bonchev–Trinajstić information content (AvgIpc) is 2.48. The number of carbonyl (C=O) groups is 2. The molecule has 1 aromatic carbocycles. The SMILES string of the molecule is CC1=CC(=O)OC1=O.c1ccccc1. The number of rotatable bonds is 0. The Morgan fingerprint density at radius 2 is 1.36 bits per heavy atom. The second-order valence-corrected chi connectivity index (χ2v) is 2.69. The third-order valence-electron chi connectivity index (χ3n) is 1.52. The van der Waals surface area contributed by atoms with Gasteiger partial charge >= 0.3 is 11.9 Å². The van der Waals surface area contributed by atoms with Crippen molar-refractivity contribution in [1.29, 1.82) is 0 Å². The zero-order valence-corrected chi connectivity index (χ0v) is 7.77. The van der Waals surface area contributed by atoms with Gasteiger partial charge in [-0.15, -0.1) is 0 Å². The van der Waals surface area contributed by atoms with Crippen molar-refractivity contribution < 1.29 is 14.3 Å². The van der Waals surface area contributed by atoms with Crippen LogP contribution in [0.25, 0.3) is 0 Å². The van der Waals surface area contributed by atoms with Gasteiger partial charge in [-0.2, -0.15) is 0 Å². The van der Waals surface area contributed by atoms with Crippen LogP contribution >= 0.6 is 0 Å². The zero-order valence-electron chi connectivity index (χ0n) is 7.77. The van der Waals surface area contributed by atoms with Gasteiger partial charge in [-0.05, 0) is 6.92 Å². The number of ether oxygens (including phenoxy) is 1. The summed E-state index contributed by atoms with van der Waals surface area (Å²) in [7, 11) is 0. The van der Waals surface area contributed by atoms with E-state index in [0.29, 0.717) is 5.57 Å². The van der Waals surface area contributed by atoms with Crippen molar-refractivity contribution in [2.24, 2.45) is 0 Å². The van der Waals surface area contributed by atoms with Gasteiger partial charge in [-0.1, -0.05) is 36.4 Å². The monoisotopic (exact) mass is 190 g/mol. The van der Waals surface area contributed by atoms with E-state index in [-0.39, 0.29) is 0 Å². The standard InChI is InChI=1S/C6H6.C5H4O3/c1-2-4-6-5-3-1;1-3-2-4(6)8-5(3)7/h1-6H;2H,1H3. The van der Waals surface area contributed by atoms with Gasteiger partial charge in [-0.3, -0.25) is 0 Å². The predicted octanol–water partition coefficient (Wildman–Crippen LogP) is 1.70. The van der Waals surface area contributed by atoms with E-state index in [0.717, 1.165) is 0 Å². The summed E-state index contributed by atoms with van der Waals surface area (Å²) in [5, 5.41) is 0. The first-order chi connectivity index (χ1) is 6.70. The fourth-order valence-corrected chi connectivity index (χ4v) is 0.822. The molecule has 0 saturated heterocycles. The average molecular weight is 190 g/mol. The maximum absolute atomic E-state index is 10.3. The number of cyclic esters (lactones) is 2. The fourth-order valence-electron chi connectivity index (χ4n) is 0.822. The van der Waals surface area contributed by atoms with Crippen LogP contribution in [0.1, 0.15) is 6.92 Å². The highest BCUT2D eigenvalue weighted by atomic mass is 16.6. The number of esters is 2. The molecule has 1 aliphatic rings. The van der Waals surface area contributed by atoms with Crippen molar-refractivity contribution >= 4 is 11.9 Å². The molecule has 72 valence electrons. The Kier molecular flexibility index (Phi) is 3.61. The van der Waals surface area contributed by atoms with Crippen molar-refractivity contribution in [3.8, 4) is 0 Å². The molecule has 0 aliphatic carbocycles. The Morgan fingerprint density at radius 1 is 0.929 bits per heavy atom. The van der Waals surface area contributed by atoms with E-state index < -0.39 is 11.9 Å². The Morgan fingerprint density at radius 3 is 1.50 bits per heavy atom. The van der Waals surface area contributed by atoms with E-state index in [2.05, 4.69) is 4.74 Å². The largest absolute Gasteiger partial charge is 0.386 e. The smallest absolute Gasteiger partial charge is 0.341 e. The van der Waals surface area contributed by atoms with Crippen LogP contribution in [0.5, 0.6) is 0 Å². The minimum atomic E-state index is -0.562. The summed E-state index contributed by atoms with van der Waals surface area (Å²) in [5.41, 5.74) is 0.370. The lowest BCUT2D eigenvalue weighted by molar-refractivity contribution is -0.150. The lowest BCUT2D eigenvalue weighted by Crippen LogP contribution is -1.99. The maximum atomic E-state index is 10.3. The molecule has 0 amide bonds.